The molecule has 0 bridgehead atoms. The molecule has 0 radical (unpaired) electrons. The minimum absolute atomic E-state index is 0.0420. The largest absolute Gasteiger partial charge is 0.348 e. The molecule has 2 N–H and O–H groups in total. The average molecular weight is 305 g/mol. The molecule has 3 nitrogen and oxygen atoms in total. The average Bonchev–Trinajstić information content (AvgIpc) is 2.88. The van der Waals surface area contributed by atoms with Crippen molar-refractivity contribution in [3.8, 4) is 0 Å². The van der Waals surface area contributed by atoms with Crippen LogP contribution in [0.25, 0.3) is 0 Å². The Bertz CT molecular complexity index is 490. The monoisotopic (exact) mass is 304 g/mol. The Hall–Kier alpha value is -0.840. The summed E-state index contributed by atoms with van der Waals surface area (Å²) in [5.74, 6) is -0.650. The van der Waals surface area contributed by atoms with Crippen LogP contribution in [0.4, 0.5) is 4.39 Å². The molecule has 1 amide bonds. The maximum atomic E-state index is 13.4. The fourth-order valence-electron chi connectivity index (χ4n) is 2.23. The Balaban J connectivity index is 2.13. The zero-order chi connectivity index (χ0) is 14.0. The van der Waals surface area contributed by atoms with Gasteiger partial charge >= 0.3 is 0 Å². The Labute approximate surface area is 121 Å². The lowest BCUT2D eigenvalue weighted by atomic mass is 10.1. The smallest absolute Gasteiger partial charge is 0.237 e. The summed E-state index contributed by atoms with van der Waals surface area (Å²) in [7, 11) is 0. The number of carbonyl (C=O) groups excluding carboxylic acids is 1. The SMILES string of the molecule is CC(NC(=O)C1CCCN1)c1c(Cl)ccc(F)c1Cl. The standard InChI is InChI=1S/C13H15Cl2FN2O/c1-7(18-13(19)10-3-2-6-17-10)11-8(14)4-5-9(16)12(11)15/h4-5,7,10,17H,2-3,6H2,1H3,(H,18,19). The minimum atomic E-state index is -0.541. The summed E-state index contributed by atoms with van der Waals surface area (Å²) in [6.45, 7) is 2.58. The summed E-state index contributed by atoms with van der Waals surface area (Å²) in [5.41, 5.74) is 0.412. The molecule has 1 fully saturated rings. The zero-order valence-electron chi connectivity index (χ0n) is 10.5. The van der Waals surface area contributed by atoms with Gasteiger partial charge in [0.05, 0.1) is 17.1 Å². The fourth-order valence-corrected chi connectivity index (χ4v) is 2.93. The maximum absolute atomic E-state index is 13.4. The number of rotatable bonds is 3. The summed E-state index contributed by atoms with van der Waals surface area (Å²) < 4.78 is 13.4. The molecule has 1 aromatic carbocycles. The lowest BCUT2D eigenvalue weighted by Crippen LogP contribution is -2.41. The molecule has 1 aliphatic heterocycles. The van der Waals surface area contributed by atoms with Crippen LogP contribution in [0.15, 0.2) is 12.1 Å². The van der Waals surface area contributed by atoms with E-state index in [1.165, 1.54) is 12.1 Å². The van der Waals surface area contributed by atoms with Gasteiger partial charge in [0.25, 0.3) is 0 Å². The van der Waals surface area contributed by atoms with E-state index in [4.69, 9.17) is 23.2 Å². The highest BCUT2D eigenvalue weighted by molar-refractivity contribution is 6.36. The van der Waals surface area contributed by atoms with Crippen molar-refractivity contribution in [2.24, 2.45) is 0 Å². The topological polar surface area (TPSA) is 41.1 Å². The van der Waals surface area contributed by atoms with Gasteiger partial charge in [-0.3, -0.25) is 4.79 Å². The summed E-state index contributed by atoms with van der Waals surface area (Å²) in [5, 5.41) is 6.22. The van der Waals surface area contributed by atoms with Gasteiger partial charge in [-0.15, -0.1) is 0 Å². The molecule has 0 aliphatic carbocycles. The molecule has 2 unspecified atom stereocenters. The van der Waals surface area contributed by atoms with E-state index < -0.39 is 11.9 Å². The first kappa shape index (κ1) is 14.6. The van der Waals surface area contributed by atoms with Crippen molar-refractivity contribution in [3.63, 3.8) is 0 Å². The van der Waals surface area contributed by atoms with Crippen LogP contribution in [0.2, 0.25) is 10.0 Å². The van der Waals surface area contributed by atoms with Gasteiger partial charge in [-0.25, -0.2) is 4.39 Å². The predicted octanol–water partition coefficient (Wildman–Crippen LogP) is 3.06. The number of benzene rings is 1. The van der Waals surface area contributed by atoms with Gasteiger partial charge in [-0.05, 0) is 38.4 Å². The molecule has 2 rings (SSSR count). The van der Waals surface area contributed by atoms with Crippen LogP contribution in [0, 0.1) is 5.82 Å². The van der Waals surface area contributed by atoms with Crippen LogP contribution in [-0.4, -0.2) is 18.5 Å². The van der Waals surface area contributed by atoms with Gasteiger partial charge in [0, 0.05) is 10.6 Å². The van der Waals surface area contributed by atoms with E-state index >= 15 is 0 Å². The van der Waals surface area contributed by atoms with Crippen molar-refractivity contribution in [2.45, 2.75) is 31.8 Å². The van der Waals surface area contributed by atoms with Gasteiger partial charge in [-0.1, -0.05) is 23.2 Å². The van der Waals surface area contributed by atoms with Crippen molar-refractivity contribution >= 4 is 29.1 Å². The summed E-state index contributed by atoms with van der Waals surface area (Å²) >= 11 is 11.9. The lowest BCUT2D eigenvalue weighted by molar-refractivity contribution is -0.123. The molecule has 1 aliphatic rings. The third kappa shape index (κ3) is 3.19. The third-order valence-electron chi connectivity index (χ3n) is 3.25. The van der Waals surface area contributed by atoms with Crippen LogP contribution in [0.5, 0.6) is 0 Å². The highest BCUT2D eigenvalue weighted by atomic mass is 35.5. The van der Waals surface area contributed by atoms with Gasteiger partial charge in [-0.2, -0.15) is 0 Å². The Kier molecular flexibility index (Phi) is 4.66. The van der Waals surface area contributed by atoms with Crippen molar-refractivity contribution in [1.82, 2.24) is 10.6 Å². The van der Waals surface area contributed by atoms with E-state index in [1.807, 2.05) is 0 Å². The quantitative estimate of drug-likeness (QED) is 0.843. The van der Waals surface area contributed by atoms with E-state index in [1.54, 1.807) is 6.92 Å². The van der Waals surface area contributed by atoms with Crippen LogP contribution < -0.4 is 10.6 Å². The van der Waals surface area contributed by atoms with Crippen LogP contribution in [-0.2, 0) is 4.79 Å². The van der Waals surface area contributed by atoms with Crippen molar-refractivity contribution in [3.05, 3.63) is 33.6 Å². The van der Waals surface area contributed by atoms with E-state index in [0.29, 0.717) is 10.6 Å². The number of amides is 1. The lowest BCUT2D eigenvalue weighted by Gasteiger charge is -2.19. The molecule has 1 heterocycles. The van der Waals surface area contributed by atoms with Gasteiger partial charge < -0.3 is 10.6 Å². The number of hydrogen-bond donors (Lipinski definition) is 2. The first-order valence-electron chi connectivity index (χ1n) is 6.18. The number of halogens is 3. The molecule has 19 heavy (non-hydrogen) atoms. The van der Waals surface area contributed by atoms with E-state index in [2.05, 4.69) is 10.6 Å². The molecule has 0 aromatic heterocycles. The molecule has 2 atom stereocenters. The first-order valence-corrected chi connectivity index (χ1v) is 6.93. The number of nitrogens with one attached hydrogen (secondary N) is 2. The van der Waals surface area contributed by atoms with Gasteiger partial charge in [0.1, 0.15) is 5.82 Å². The Morgan fingerprint density at radius 3 is 2.89 bits per heavy atom. The highest BCUT2D eigenvalue weighted by Gasteiger charge is 2.25. The van der Waals surface area contributed by atoms with E-state index in [-0.39, 0.29) is 17.0 Å². The molecule has 104 valence electrons. The zero-order valence-corrected chi connectivity index (χ0v) is 12.0. The Morgan fingerprint density at radius 2 is 2.26 bits per heavy atom. The normalized spacial score (nSPS) is 20.3. The minimum Gasteiger partial charge on any atom is -0.348 e. The molecule has 1 aromatic rings. The van der Waals surface area contributed by atoms with E-state index in [0.717, 1.165) is 19.4 Å². The second-order valence-corrected chi connectivity index (χ2v) is 5.42. The van der Waals surface area contributed by atoms with Crippen molar-refractivity contribution < 1.29 is 9.18 Å². The highest BCUT2D eigenvalue weighted by Crippen LogP contribution is 2.32. The number of carbonyl (C=O) groups is 1. The second-order valence-electron chi connectivity index (χ2n) is 4.64. The van der Waals surface area contributed by atoms with Crippen molar-refractivity contribution in [1.29, 1.82) is 0 Å². The number of hydrogen-bond acceptors (Lipinski definition) is 2. The van der Waals surface area contributed by atoms with Crippen molar-refractivity contribution in [2.75, 3.05) is 6.54 Å². The van der Waals surface area contributed by atoms with Gasteiger partial charge in [0.2, 0.25) is 5.91 Å². The molecular weight excluding hydrogens is 290 g/mol. The summed E-state index contributed by atoms with van der Waals surface area (Å²) in [6.07, 6.45) is 1.79. The first-order chi connectivity index (χ1) is 9.00. The van der Waals surface area contributed by atoms with Crippen LogP contribution in [0.3, 0.4) is 0 Å². The molecular formula is C13H15Cl2FN2O. The third-order valence-corrected chi connectivity index (χ3v) is 3.96. The molecule has 1 saturated heterocycles. The summed E-state index contributed by atoms with van der Waals surface area (Å²) in [6, 6.07) is 2.02. The molecule has 0 spiro atoms. The van der Waals surface area contributed by atoms with E-state index in [9.17, 15) is 9.18 Å². The predicted molar refractivity (Wildman–Crippen MR) is 74.0 cm³/mol. The maximum Gasteiger partial charge on any atom is 0.237 e. The second kappa shape index (κ2) is 6.07. The van der Waals surface area contributed by atoms with Crippen LogP contribution in [0.1, 0.15) is 31.4 Å². The Morgan fingerprint density at radius 1 is 1.53 bits per heavy atom. The molecule has 6 heteroatoms. The van der Waals surface area contributed by atoms with Gasteiger partial charge in [0.15, 0.2) is 0 Å². The molecule has 0 saturated carbocycles. The van der Waals surface area contributed by atoms with Crippen LogP contribution >= 0.6 is 23.2 Å². The fraction of sp³-hybridized carbons (Fsp3) is 0.462. The summed E-state index contributed by atoms with van der Waals surface area (Å²) in [4.78, 5) is 12.0.